The zero-order valence-electron chi connectivity index (χ0n) is 16.7. The predicted octanol–water partition coefficient (Wildman–Crippen LogP) is 3.43. The van der Waals surface area contributed by atoms with Crippen molar-refractivity contribution in [3.63, 3.8) is 0 Å². The number of aldehydes is 1. The van der Waals surface area contributed by atoms with Crippen molar-refractivity contribution >= 4 is 29.5 Å². The van der Waals surface area contributed by atoms with Gasteiger partial charge in [-0.05, 0) is 44.5 Å². The van der Waals surface area contributed by atoms with Gasteiger partial charge in [-0.1, -0.05) is 19.1 Å². The van der Waals surface area contributed by atoms with Crippen LogP contribution < -0.4 is 19.7 Å². The van der Waals surface area contributed by atoms with E-state index in [4.69, 9.17) is 9.47 Å². The first-order valence-corrected chi connectivity index (χ1v) is 9.47. The molecule has 0 atom stereocenters. The van der Waals surface area contributed by atoms with Gasteiger partial charge in [-0.2, -0.15) is 0 Å². The minimum absolute atomic E-state index is 0.259. The molecule has 7 nitrogen and oxygen atoms in total. The van der Waals surface area contributed by atoms with Gasteiger partial charge in [0.1, 0.15) is 17.0 Å². The summed E-state index contributed by atoms with van der Waals surface area (Å²) < 4.78 is 11.2. The van der Waals surface area contributed by atoms with E-state index in [0.717, 1.165) is 6.42 Å². The minimum Gasteiger partial charge on any atom is -0.493 e. The van der Waals surface area contributed by atoms with Gasteiger partial charge in [0.05, 0.1) is 23.5 Å². The first-order chi connectivity index (χ1) is 13.9. The molecule has 3 rings (SSSR count). The van der Waals surface area contributed by atoms with Crippen LogP contribution in [0.4, 0.5) is 11.4 Å². The van der Waals surface area contributed by atoms with Crippen LogP contribution in [0, 0.1) is 0 Å². The van der Waals surface area contributed by atoms with Crippen LogP contribution in [0.1, 0.15) is 37.6 Å². The highest BCUT2D eigenvalue weighted by Crippen LogP contribution is 2.36. The summed E-state index contributed by atoms with van der Waals surface area (Å²) in [6.07, 6.45) is 1.51. The number of carbonyl (C=O) groups excluding carboxylic acids is 3. The molecule has 0 aliphatic carbocycles. The van der Waals surface area contributed by atoms with Crippen molar-refractivity contribution in [2.24, 2.45) is 0 Å². The maximum Gasteiger partial charge on any atom is 0.265 e. The van der Waals surface area contributed by atoms with Gasteiger partial charge < -0.3 is 14.8 Å². The average molecular weight is 396 g/mol. The molecule has 0 bridgehead atoms. The van der Waals surface area contributed by atoms with Crippen molar-refractivity contribution in [3.05, 3.63) is 48.0 Å². The summed E-state index contributed by atoms with van der Waals surface area (Å²) in [6.45, 7) is 5.54. The second-order valence-electron chi connectivity index (χ2n) is 7.21. The molecule has 0 saturated carbocycles. The highest BCUT2D eigenvalue weighted by atomic mass is 16.5. The van der Waals surface area contributed by atoms with Crippen molar-refractivity contribution in [2.45, 2.75) is 32.7 Å². The summed E-state index contributed by atoms with van der Waals surface area (Å²) in [5.74, 6) is 0.138. The molecule has 0 saturated heterocycles. The van der Waals surface area contributed by atoms with Crippen molar-refractivity contribution in [3.8, 4) is 11.5 Å². The van der Waals surface area contributed by atoms with Crippen molar-refractivity contribution < 1.29 is 23.9 Å². The standard InChI is InChI=1S/C22H24N2O5/c1-4-11-28-16-10-9-15(13-25)19(12-16)29-14-20(26)24-18-8-6-5-7-17(18)23-21(27)22(24,2)3/h5-10,12-13H,4,11,14H2,1-3H3,(H,23,27). The number of ether oxygens (including phenoxy) is 2. The molecule has 0 aromatic heterocycles. The number of carbonyl (C=O) groups is 3. The number of benzene rings is 2. The van der Waals surface area contributed by atoms with E-state index in [-0.39, 0.29) is 18.3 Å². The lowest BCUT2D eigenvalue weighted by molar-refractivity contribution is -0.127. The van der Waals surface area contributed by atoms with Crippen LogP contribution in [0.25, 0.3) is 0 Å². The Hall–Kier alpha value is -3.35. The Bertz CT molecular complexity index is 939. The third-order valence-corrected chi connectivity index (χ3v) is 4.69. The van der Waals surface area contributed by atoms with Crippen molar-refractivity contribution in [2.75, 3.05) is 23.4 Å². The van der Waals surface area contributed by atoms with E-state index >= 15 is 0 Å². The number of anilines is 2. The third-order valence-electron chi connectivity index (χ3n) is 4.69. The van der Waals surface area contributed by atoms with Gasteiger partial charge >= 0.3 is 0 Å². The molecule has 29 heavy (non-hydrogen) atoms. The minimum atomic E-state index is -1.09. The Kier molecular flexibility index (Phi) is 5.87. The Balaban J connectivity index is 1.83. The number of hydrogen-bond acceptors (Lipinski definition) is 5. The molecular formula is C22H24N2O5. The van der Waals surface area contributed by atoms with Crippen LogP contribution in [-0.2, 0) is 9.59 Å². The molecule has 0 fully saturated rings. The molecule has 2 aromatic carbocycles. The monoisotopic (exact) mass is 396 g/mol. The first-order valence-electron chi connectivity index (χ1n) is 9.47. The fraction of sp³-hybridized carbons (Fsp3) is 0.318. The molecular weight excluding hydrogens is 372 g/mol. The van der Waals surface area contributed by atoms with E-state index in [1.165, 1.54) is 4.90 Å². The van der Waals surface area contributed by atoms with Gasteiger partial charge in [-0.25, -0.2) is 0 Å². The molecule has 2 aromatic rings. The number of hydrogen-bond donors (Lipinski definition) is 1. The molecule has 0 radical (unpaired) electrons. The zero-order chi connectivity index (χ0) is 21.0. The summed E-state index contributed by atoms with van der Waals surface area (Å²) in [5.41, 5.74) is 0.390. The van der Waals surface area contributed by atoms with E-state index < -0.39 is 11.4 Å². The second kappa shape index (κ2) is 8.34. The molecule has 1 aliphatic heterocycles. The summed E-state index contributed by atoms with van der Waals surface area (Å²) in [5, 5.41) is 2.82. The number of nitrogens with one attached hydrogen (secondary N) is 1. The van der Waals surface area contributed by atoms with Crippen LogP contribution in [0.2, 0.25) is 0 Å². The molecule has 2 amide bonds. The SMILES string of the molecule is CCCOc1ccc(C=O)c(OCC(=O)N2c3ccccc3NC(=O)C2(C)C)c1. The summed E-state index contributed by atoms with van der Waals surface area (Å²) in [6, 6.07) is 12.0. The lowest BCUT2D eigenvalue weighted by atomic mass is 9.96. The third kappa shape index (κ3) is 4.08. The van der Waals surface area contributed by atoms with E-state index in [1.54, 1.807) is 56.3 Å². The maximum absolute atomic E-state index is 13.1. The summed E-state index contributed by atoms with van der Waals surface area (Å²) >= 11 is 0. The Morgan fingerprint density at radius 3 is 2.66 bits per heavy atom. The molecule has 1 aliphatic rings. The number of para-hydroxylation sites is 2. The maximum atomic E-state index is 13.1. The van der Waals surface area contributed by atoms with Crippen LogP contribution >= 0.6 is 0 Å². The fourth-order valence-electron chi connectivity index (χ4n) is 3.15. The van der Waals surface area contributed by atoms with E-state index in [1.807, 2.05) is 6.92 Å². The van der Waals surface area contributed by atoms with Gasteiger partial charge in [-0.3, -0.25) is 19.3 Å². The van der Waals surface area contributed by atoms with Gasteiger partial charge in [-0.15, -0.1) is 0 Å². The van der Waals surface area contributed by atoms with Gasteiger partial charge in [0.15, 0.2) is 12.9 Å². The quantitative estimate of drug-likeness (QED) is 0.725. The molecule has 1 heterocycles. The highest BCUT2D eigenvalue weighted by molar-refractivity contribution is 6.14. The average Bonchev–Trinajstić information content (AvgIpc) is 2.71. The normalized spacial score (nSPS) is 14.6. The molecule has 152 valence electrons. The fourth-order valence-corrected chi connectivity index (χ4v) is 3.15. The number of rotatable bonds is 7. The van der Waals surface area contributed by atoms with Crippen LogP contribution in [0.5, 0.6) is 11.5 Å². The van der Waals surface area contributed by atoms with Crippen molar-refractivity contribution in [1.82, 2.24) is 0 Å². The molecule has 7 heteroatoms. The van der Waals surface area contributed by atoms with E-state index in [2.05, 4.69) is 5.32 Å². The number of amides is 2. The van der Waals surface area contributed by atoms with E-state index in [0.29, 0.717) is 35.6 Å². The van der Waals surface area contributed by atoms with Crippen LogP contribution in [0.3, 0.4) is 0 Å². The van der Waals surface area contributed by atoms with Crippen LogP contribution in [0.15, 0.2) is 42.5 Å². The number of fused-ring (bicyclic) bond motifs is 1. The molecule has 1 N–H and O–H groups in total. The highest BCUT2D eigenvalue weighted by Gasteiger charge is 2.43. The number of nitrogens with zero attached hydrogens (tertiary/aromatic N) is 1. The van der Waals surface area contributed by atoms with Gasteiger partial charge in [0, 0.05) is 6.07 Å². The smallest absolute Gasteiger partial charge is 0.265 e. The largest absolute Gasteiger partial charge is 0.493 e. The first kappa shape index (κ1) is 20.4. The topological polar surface area (TPSA) is 84.9 Å². The Morgan fingerprint density at radius 2 is 1.93 bits per heavy atom. The molecule has 0 unspecified atom stereocenters. The van der Waals surface area contributed by atoms with Crippen molar-refractivity contribution in [1.29, 1.82) is 0 Å². The van der Waals surface area contributed by atoms with Crippen LogP contribution in [-0.4, -0.2) is 36.9 Å². The van der Waals surface area contributed by atoms with Gasteiger partial charge in [0.25, 0.3) is 5.91 Å². The lowest BCUT2D eigenvalue weighted by Crippen LogP contribution is -2.59. The second-order valence-corrected chi connectivity index (χ2v) is 7.21. The predicted molar refractivity (Wildman–Crippen MR) is 110 cm³/mol. The Labute approximate surface area is 169 Å². The molecule has 0 spiro atoms. The van der Waals surface area contributed by atoms with Gasteiger partial charge in [0.2, 0.25) is 5.91 Å². The van der Waals surface area contributed by atoms with E-state index in [9.17, 15) is 14.4 Å². The summed E-state index contributed by atoms with van der Waals surface area (Å²) in [7, 11) is 0. The zero-order valence-corrected chi connectivity index (χ0v) is 16.7. The summed E-state index contributed by atoms with van der Waals surface area (Å²) in [4.78, 5) is 38.3. The Morgan fingerprint density at radius 1 is 1.17 bits per heavy atom. The lowest BCUT2D eigenvalue weighted by Gasteiger charge is -2.41.